The molecule has 2 aliphatic rings. The predicted octanol–water partition coefficient (Wildman–Crippen LogP) is 3.97. The van der Waals surface area contributed by atoms with E-state index in [1.807, 2.05) is 48.6 Å². The number of carboxylic acid groups (broad SMARTS) is 1. The first-order chi connectivity index (χ1) is 17.0. The number of nitrogens with one attached hydrogen (secondary N) is 2. The molecule has 35 heavy (non-hydrogen) atoms. The smallest absolute Gasteiger partial charge is 0.335 e. The van der Waals surface area contributed by atoms with Gasteiger partial charge in [-0.3, -0.25) is 10.2 Å². The van der Waals surface area contributed by atoms with Crippen molar-refractivity contribution in [3.63, 3.8) is 0 Å². The van der Waals surface area contributed by atoms with Crippen molar-refractivity contribution >= 4 is 23.3 Å². The molecule has 174 valence electrons. The van der Waals surface area contributed by atoms with Crippen molar-refractivity contribution in [3.8, 4) is 11.1 Å². The topological polar surface area (TPSA) is 111 Å². The molecule has 0 spiro atoms. The number of carbonyl (C=O) groups excluding carboxylic acids is 1. The van der Waals surface area contributed by atoms with Gasteiger partial charge in [0.05, 0.1) is 16.9 Å². The molecule has 0 fully saturated rings. The molecule has 1 heterocycles. The van der Waals surface area contributed by atoms with Crippen LogP contribution in [0.4, 0.5) is 5.69 Å². The molecular formula is C28H23N3O4. The third-order valence-electron chi connectivity index (χ3n) is 6.15. The summed E-state index contributed by atoms with van der Waals surface area (Å²) in [6.45, 7) is 0. The molecule has 5 rings (SSSR count). The lowest BCUT2D eigenvalue weighted by Crippen LogP contribution is -2.31. The molecule has 2 unspecified atom stereocenters. The van der Waals surface area contributed by atoms with Crippen LogP contribution in [0.25, 0.3) is 11.1 Å². The quantitative estimate of drug-likeness (QED) is 0.412. The Morgan fingerprint density at radius 2 is 1.83 bits per heavy atom. The van der Waals surface area contributed by atoms with Crippen LogP contribution in [0, 0.1) is 5.92 Å². The third-order valence-corrected chi connectivity index (χ3v) is 6.15. The Balaban J connectivity index is 1.43. The molecule has 3 aromatic rings. The van der Waals surface area contributed by atoms with Gasteiger partial charge >= 0.3 is 5.97 Å². The Kier molecular flexibility index (Phi) is 5.99. The number of nitrogens with zero attached hydrogens (tertiary/aromatic N) is 1. The zero-order chi connectivity index (χ0) is 24.4. The lowest BCUT2D eigenvalue weighted by Gasteiger charge is -2.25. The van der Waals surface area contributed by atoms with Crippen LogP contribution >= 0.6 is 0 Å². The second-order valence-corrected chi connectivity index (χ2v) is 8.45. The fourth-order valence-corrected chi connectivity index (χ4v) is 4.40. The van der Waals surface area contributed by atoms with E-state index in [0.29, 0.717) is 34.5 Å². The number of fused-ring (bicyclic) bond motifs is 1. The summed E-state index contributed by atoms with van der Waals surface area (Å²) in [5.74, 6) is -1.54. The van der Waals surface area contributed by atoms with Crippen LogP contribution < -0.4 is 10.7 Å². The number of amides is 1. The minimum absolute atomic E-state index is 0.135. The van der Waals surface area contributed by atoms with Crippen LogP contribution in [0.3, 0.4) is 0 Å². The number of hydrogen-bond acceptors (Lipinski definition) is 5. The highest BCUT2D eigenvalue weighted by molar-refractivity contribution is 6.54. The molecule has 0 bridgehead atoms. The molecule has 0 saturated carbocycles. The average Bonchev–Trinajstić information content (AvgIpc) is 3.20. The van der Waals surface area contributed by atoms with Gasteiger partial charge in [0.25, 0.3) is 5.91 Å². The van der Waals surface area contributed by atoms with Crippen LogP contribution in [-0.2, 0) is 11.2 Å². The van der Waals surface area contributed by atoms with Gasteiger partial charge in [-0.25, -0.2) is 4.79 Å². The number of rotatable bonds is 6. The van der Waals surface area contributed by atoms with E-state index >= 15 is 0 Å². The van der Waals surface area contributed by atoms with Gasteiger partial charge in [-0.15, -0.1) is 0 Å². The number of carboxylic acids is 1. The number of aliphatic hydroxyl groups excluding tert-OH is 1. The molecule has 3 aromatic carbocycles. The monoisotopic (exact) mass is 465 g/mol. The molecule has 0 radical (unpaired) electrons. The van der Waals surface area contributed by atoms with Crippen molar-refractivity contribution in [2.75, 3.05) is 5.32 Å². The molecule has 0 saturated heterocycles. The molecular weight excluding hydrogens is 442 g/mol. The summed E-state index contributed by atoms with van der Waals surface area (Å²) in [5, 5.41) is 27.5. The van der Waals surface area contributed by atoms with Gasteiger partial charge in [0.1, 0.15) is 6.10 Å². The van der Waals surface area contributed by atoms with E-state index in [2.05, 4.69) is 15.8 Å². The molecule has 7 heteroatoms. The minimum atomic E-state index is -1.03. The van der Waals surface area contributed by atoms with Crippen LogP contribution in [0.15, 0.2) is 102 Å². The van der Waals surface area contributed by atoms with Gasteiger partial charge in [-0.05, 0) is 47.4 Å². The molecule has 1 aliphatic carbocycles. The first kappa shape index (κ1) is 22.3. The first-order valence-electron chi connectivity index (χ1n) is 11.2. The number of carbonyl (C=O) groups is 2. The van der Waals surface area contributed by atoms with E-state index in [4.69, 9.17) is 0 Å². The molecule has 0 aromatic heterocycles. The van der Waals surface area contributed by atoms with E-state index < -0.39 is 12.1 Å². The summed E-state index contributed by atoms with van der Waals surface area (Å²) in [6, 6.07) is 21.9. The lowest BCUT2D eigenvalue weighted by atomic mass is 9.89. The number of aliphatic hydroxyl groups is 1. The molecule has 4 N–H and O–H groups in total. The normalized spacial score (nSPS) is 19.7. The lowest BCUT2D eigenvalue weighted by molar-refractivity contribution is -0.110. The Bertz CT molecular complexity index is 1390. The number of anilines is 1. The Morgan fingerprint density at radius 3 is 2.63 bits per heavy atom. The fourth-order valence-electron chi connectivity index (χ4n) is 4.40. The van der Waals surface area contributed by atoms with Crippen molar-refractivity contribution in [3.05, 3.63) is 113 Å². The Labute approximate surface area is 202 Å². The number of hydrazone groups is 1. The third kappa shape index (κ3) is 4.49. The summed E-state index contributed by atoms with van der Waals surface area (Å²) in [5.41, 5.74) is 7.35. The van der Waals surface area contributed by atoms with Crippen LogP contribution in [0.5, 0.6) is 0 Å². The molecule has 1 amide bonds. The summed E-state index contributed by atoms with van der Waals surface area (Å²) < 4.78 is 0. The Hall–Kier alpha value is -4.49. The van der Waals surface area contributed by atoms with E-state index in [9.17, 15) is 19.8 Å². The van der Waals surface area contributed by atoms with Gasteiger partial charge < -0.3 is 15.5 Å². The van der Waals surface area contributed by atoms with Gasteiger partial charge in [0.15, 0.2) is 5.71 Å². The first-order valence-corrected chi connectivity index (χ1v) is 11.2. The van der Waals surface area contributed by atoms with Crippen molar-refractivity contribution in [1.29, 1.82) is 0 Å². The number of hydrogen-bond donors (Lipinski definition) is 4. The van der Waals surface area contributed by atoms with Gasteiger partial charge in [0.2, 0.25) is 0 Å². The predicted molar refractivity (Wildman–Crippen MR) is 134 cm³/mol. The summed E-state index contributed by atoms with van der Waals surface area (Å²) in [6.07, 6.45) is 5.43. The Morgan fingerprint density at radius 1 is 1.03 bits per heavy atom. The summed E-state index contributed by atoms with van der Waals surface area (Å²) in [4.78, 5) is 24.2. The van der Waals surface area contributed by atoms with E-state index in [-0.39, 0.29) is 23.1 Å². The maximum absolute atomic E-state index is 12.8. The van der Waals surface area contributed by atoms with Crippen molar-refractivity contribution in [2.24, 2.45) is 11.0 Å². The second kappa shape index (κ2) is 9.40. The van der Waals surface area contributed by atoms with Crippen molar-refractivity contribution in [2.45, 2.75) is 12.5 Å². The number of aromatic carboxylic acids is 1. The van der Waals surface area contributed by atoms with E-state index in [0.717, 1.165) is 5.56 Å². The van der Waals surface area contributed by atoms with Crippen LogP contribution in [0.1, 0.15) is 21.5 Å². The zero-order valence-corrected chi connectivity index (χ0v) is 18.7. The standard InChI is InChI=1S/C28H23N3O4/c32-26-19(15-17-7-2-1-3-8-17)10-5-14-23(26)30-31-25-24-21(12-6-13-22(24)29-27(25)33)18-9-4-11-20(16-18)28(34)35/h1-14,16,19,26,30,32H,15H2,(H,34,35)(H,29,31,33). The van der Waals surface area contributed by atoms with Gasteiger partial charge in [0, 0.05) is 11.5 Å². The van der Waals surface area contributed by atoms with E-state index in [1.54, 1.807) is 36.4 Å². The maximum atomic E-state index is 12.8. The zero-order valence-electron chi connectivity index (χ0n) is 18.7. The van der Waals surface area contributed by atoms with Gasteiger partial charge in [-0.1, -0.05) is 66.7 Å². The highest BCUT2D eigenvalue weighted by atomic mass is 16.4. The molecule has 2 atom stereocenters. The summed E-state index contributed by atoms with van der Waals surface area (Å²) >= 11 is 0. The van der Waals surface area contributed by atoms with E-state index in [1.165, 1.54) is 6.07 Å². The largest absolute Gasteiger partial charge is 0.478 e. The fraction of sp³-hybridized carbons (Fsp3) is 0.107. The minimum Gasteiger partial charge on any atom is -0.478 e. The average molecular weight is 466 g/mol. The van der Waals surface area contributed by atoms with Crippen molar-refractivity contribution in [1.82, 2.24) is 5.43 Å². The maximum Gasteiger partial charge on any atom is 0.335 e. The van der Waals surface area contributed by atoms with Crippen molar-refractivity contribution < 1.29 is 19.8 Å². The molecule has 7 nitrogen and oxygen atoms in total. The summed E-state index contributed by atoms with van der Waals surface area (Å²) in [7, 11) is 0. The highest BCUT2D eigenvalue weighted by Crippen LogP contribution is 2.34. The SMILES string of the molecule is O=C1Nc2cccc(-c3cccc(C(=O)O)c3)c2C1=NNC1=CC=CC(Cc2ccccc2)C1O. The second-order valence-electron chi connectivity index (χ2n) is 8.45. The molecule has 1 aliphatic heterocycles. The van der Waals surface area contributed by atoms with Gasteiger partial charge in [-0.2, -0.15) is 5.10 Å². The highest BCUT2D eigenvalue weighted by Gasteiger charge is 2.30. The van der Waals surface area contributed by atoms with Crippen LogP contribution in [-0.4, -0.2) is 33.9 Å². The number of benzene rings is 3. The number of allylic oxidation sites excluding steroid dienone is 2. The van der Waals surface area contributed by atoms with Crippen LogP contribution in [0.2, 0.25) is 0 Å².